The largest absolute Gasteiger partial charge is 0.342 e. The van der Waals surface area contributed by atoms with Gasteiger partial charge in [-0.05, 0) is 42.5 Å². The molecule has 25 heavy (non-hydrogen) atoms. The summed E-state index contributed by atoms with van der Waals surface area (Å²) in [5.41, 5.74) is 3.42. The number of fused-ring (bicyclic) bond motifs is 1. The van der Waals surface area contributed by atoms with Gasteiger partial charge in [-0.3, -0.25) is 10.1 Å². The number of carbonyl (C=O) groups excluding carboxylic acids is 1. The fourth-order valence-electron chi connectivity index (χ4n) is 3.43. The fourth-order valence-corrected chi connectivity index (χ4v) is 3.68. The summed E-state index contributed by atoms with van der Waals surface area (Å²) < 4.78 is 0. The Morgan fingerprint density at radius 3 is 2.52 bits per heavy atom. The third kappa shape index (κ3) is 3.58. The van der Waals surface area contributed by atoms with Crippen LogP contribution in [0.5, 0.6) is 0 Å². The van der Waals surface area contributed by atoms with Crippen molar-refractivity contribution in [2.45, 2.75) is 44.8 Å². The molecule has 3 atom stereocenters. The van der Waals surface area contributed by atoms with Gasteiger partial charge in [0.1, 0.15) is 0 Å². The van der Waals surface area contributed by atoms with Crippen LogP contribution in [-0.2, 0) is 11.2 Å². The van der Waals surface area contributed by atoms with Crippen LogP contribution in [-0.4, -0.2) is 29.9 Å². The molecule has 0 radical (unpaired) electrons. The maximum absolute atomic E-state index is 13.0. The van der Waals surface area contributed by atoms with Gasteiger partial charge in [-0.2, -0.15) is 0 Å². The number of hydrogen-bond donors (Lipinski definition) is 1. The molecule has 3 rings (SSSR count). The molecule has 0 saturated carbocycles. The Kier molecular flexibility index (Phi) is 5.45. The van der Waals surface area contributed by atoms with Gasteiger partial charge in [-0.1, -0.05) is 61.0 Å². The van der Waals surface area contributed by atoms with Crippen molar-refractivity contribution < 1.29 is 4.79 Å². The van der Waals surface area contributed by atoms with E-state index in [-0.39, 0.29) is 24.0 Å². The molecular weight excluding hydrogens is 332 g/mol. The minimum Gasteiger partial charge on any atom is -0.342 e. The van der Waals surface area contributed by atoms with Gasteiger partial charge in [-0.25, -0.2) is 0 Å². The van der Waals surface area contributed by atoms with Crippen LogP contribution in [0.2, 0.25) is 5.02 Å². The first-order valence-electron chi connectivity index (χ1n) is 8.87. The third-order valence-corrected chi connectivity index (χ3v) is 5.62. The maximum atomic E-state index is 13.0. The molecule has 2 aromatic rings. The van der Waals surface area contributed by atoms with Gasteiger partial charge < -0.3 is 4.90 Å². The van der Waals surface area contributed by atoms with E-state index in [9.17, 15) is 4.79 Å². The van der Waals surface area contributed by atoms with Gasteiger partial charge in [-0.15, -0.1) is 0 Å². The molecule has 4 heteroatoms. The SMILES string of the molecule is CCC(C)N(C)C(=O)C1Cc2ccccc2C(c2ccccc2Cl)N1. The summed E-state index contributed by atoms with van der Waals surface area (Å²) in [5, 5.41) is 4.27. The first-order valence-corrected chi connectivity index (χ1v) is 9.25. The molecule has 1 aliphatic rings. The number of likely N-dealkylation sites (N-methyl/N-ethyl adjacent to an activating group) is 1. The van der Waals surface area contributed by atoms with E-state index in [2.05, 4.69) is 31.3 Å². The molecule has 0 saturated heterocycles. The first kappa shape index (κ1) is 18.0. The van der Waals surface area contributed by atoms with Crippen molar-refractivity contribution in [2.24, 2.45) is 0 Å². The quantitative estimate of drug-likeness (QED) is 0.890. The second-order valence-corrected chi connectivity index (χ2v) is 7.19. The number of nitrogens with one attached hydrogen (secondary N) is 1. The van der Waals surface area contributed by atoms with Gasteiger partial charge in [0.05, 0.1) is 12.1 Å². The minimum absolute atomic E-state index is 0.0714. The predicted molar refractivity (Wildman–Crippen MR) is 103 cm³/mol. The molecule has 1 amide bonds. The summed E-state index contributed by atoms with van der Waals surface area (Å²) >= 11 is 6.45. The van der Waals surface area contributed by atoms with Gasteiger partial charge in [0.2, 0.25) is 5.91 Å². The topological polar surface area (TPSA) is 32.3 Å². The molecule has 1 aliphatic heterocycles. The molecule has 1 N–H and O–H groups in total. The number of carbonyl (C=O) groups is 1. The first-order chi connectivity index (χ1) is 12.0. The molecule has 0 aromatic heterocycles. The summed E-state index contributed by atoms with van der Waals surface area (Å²) in [5.74, 6) is 0.140. The lowest BCUT2D eigenvalue weighted by Crippen LogP contribution is -2.52. The summed E-state index contributed by atoms with van der Waals surface area (Å²) in [6, 6.07) is 16.1. The van der Waals surface area contributed by atoms with Gasteiger partial charge in [0.15, 0.2) is 0 Å². The highest BCUT2D eigenvalue weighted by Gasteiger charge is 2.33. The lowest BCUT2D eigenvalue weighted by Gasteiger charge is -2.36. The van der Waals surface area contributed by atoms with Crippen molar-refractivity contribution in [2.75, 3.05) is 7.05 Å². The number of halogens is 1. The number of benzene rings is 2. The number of nitrogens with zero attached hydrogens (tertiary/aromatic N) is 1. The van der Waals surface area contributed by atoms with Crippen LogP contribution in [0.15, 0.2) is 48.5 Å². The Balaban J connectivity index is 1.96. The van der Waals surface area contributed by atoms with Crippen LogP contribution in [0.25, 0.3) is 0 Å². The Morgan fingerprint density at radius 1 is 1.20 bits per heavy atom. The average Bonchev–Trinajstić information content (AvgIpc) is 2.65. The van der Waals surface area contributed by atoms with Crippen molar-refractivity contribution in [1.29, 1.82) is 0 Å². The lowest BCUT2D eigenvalue weighted by atomic mass is 9.86. The van der Waals surface area contributed by atoms with E-state index < -0.39 is 0 Å². The van der Waals surface area contributed by atoms with Crippen molar-refractivity contribution >= 4 is 17.5 Å². The Labute approximate surface area is 155 Å². The van der Waals surface area contributed by atoms with Crippen LogP contribution < -0.4 is 5.32 Å². The van der Waals surface area contributed by atoms with Crippen molar-refractivity contribution in [3.05, 3.63) is 70.2 Å². The zero-order valence-electron chi connectivity index (χ0n) is 15.0. The number of rotatable bonds is 4. The molecular formula is C21H25ClN2O. The van der Waals surface area contributed by atoms with Crippen LogP contribution in [0.1, 0.15) is 43.0 Å². The van der Waals surface area contributed by atoms with E-state index in [1.807, 2.05) is 48.3 Å². The van der Waals surface area contributed by atoms with Gasteiger partial charge >= 0.3 is 0 Å². The van der Waals surface area contributed by atoms with Gasteiger partial charge in [0, 0.05) is 18.1 Å². The summed E-state index contributed by atoms with van der Waals surface area (Å²) in [4.78, 5) is 14.9. The zero-order valence-corrected chi connectivity index (χ0v) is 15.8. The van der Waals surface area contributed by atoms with E-state index >= 15 is 0 Å². The maximum Gasteiger partial charge on any atom is 0.240 e. The van der Waals surface area contributed by atoms with E-state index in [1.54, 1.807) is 0 Å². The van der Waals surface area contributed by atoms with Crippen LogP contribution in [0.3, 0.4) is 0 Å². The van der Waals surface area contributed by atoms with Crippen molar-refractivity contribution in [1.82, 2.24) is 10.2 Å². The smallest absolute Gasteiger partial charge is 0.240 e. The second-order valence-electron chi connectivity index (χ2n) is 6.78. The van der Waals surface area contributed by atoms with E-state index in [0.717, 1.165) is 17.0 Å². The molecule has 1 heterocycles. The van der Waals surface area contributed by atoms with E-state index in [0.29, 0.717) is 6.42 Å². The fraction of sp³-hybridized carbons (Fsp3) is 0.381. The Bertz CT molecular complexity index is 761. The molecule has 3 nitrogen and oxygen atoms in total. The molecule has 2 aromatic carbocycles. The lowest BCUT2D eigenvalue weighted by molar-refractivity contribution is -0.134. The predicted octanol–water partition coefficient (Wildman–Crippen LogP) is 4.20. The Hall–Kier alpha value is -1.84. The van der Waals surface area contributed by atoms with Crippen LogP contribution >= 0.6 is 11.6 Å². The average molecular weight is 357 g/mol. The second kappa shape index (κ2) is 7.59. The summed E-state index contributed by atoms with van der Waals surface area (Å²) in [6.07, 6.45) is 1.65. The molecule has 0 aliphatic carbocycles. The number of amides is 1. The number of hydrogen-bond acceptors (Lipinski definition) is 2. The molecule has 0 spiro atoms. The van der Waals surface area contributed by atoms with Crippen molar-refractivity contribution in [3.8, 4) is 0 Å². The minimum atomic E-state index is -0.241. The normalized spacial score (nSPS) is 20.6. The molecule has 132 valence electrons. The van der Waals surface area contributed by atoms with Crippen LogP contribution in [0, 0.1) is 0 Å². The highest BCUT2D eigenvalue weighted by atomic mass is 35.5. The highest BCUT2D eigenvalue weighted by molar-refractivity contribution is 6.31. The van der Waals surface area contributed by atoms with Gasteiger partial charge in [0.25, 0.3) is 0 Å². The zero-order chi connectivity index (χ0) is 18.0. The third-order valence-electron chi connectivity index (χ3n) is 5.27. The van der Waals surface area contributed by atoms with Crippen molar-refractivity contribution in [3.63, 3.8) is 0 Å². The monoisotopic (exact) mass is 356 g/mol. The molecule has 0 bridgehead atoms. The highest BCUT2D eigenvalue weighted by Crippen LogP contribution is 2.34. The van der Waals surface area contributed by atoms with Crippen LogP contribution in [0.4, 0.5) is 0 Å². The van der Waals surface area contributed by atoms with E-state index in [1.165, 1.54) is 11.1 Å². The van der Waals surface area contributed by atoms with E-state index in [4.69, 9.17) is 11.6 Å². The molecule has 3 unspecified atom stereocenters. The summed E-state index contributed by atoms with van der Waals surface area (Å²) in [6.45, 7) is 4.19. The summed E-state index contributed by atoms with van der Waals surface area (Å²) in [7, 11) is 1.89. The Morgan fingerprint density at radius 2 is 1.84 bits per heavy atom. The molecule has 0 fully saturated rings. The standard InChI is InChI=1S/C21H25ClN2O/c1-4-14(2)24(3)21(25)19-13-15-9-5-6-10-16(15)20(23-19)17-11-7-8-12-18(17)22/h5-12,14,19-20,23H,4,13H2,1-3H3.